The van der Waals surface area contributed by atoms with Crippen LogP contribution >= 0.6 is 0 Å². The molecule has 2 aromatic rings. The van der Waals surface area contributed by atoms with Crippen molar-refractivity contribution in [3.63, 3.8) is 0 Å². The number of fused-ring (bicyclic) bond motifs is 3. The van der Waals surface area contributed by atoms with Crippen LogP contribution in [0.1, 0.15) is 49.6 Å². The highest BCUT2D eigenvalue weighted by atomic mass is 16.3. The molecule has 0 saturated carbocycles. The number of β-amino-alcohol motifs (C(OH)–C–C–N with tert-alkyl or cyclic N) is 1. The Kier molecular flexibility index (Phi) is 6.60. The number of rotatable bonds is 9. The quantitative estimate of drug-likeness (QED) is 0.638. The smallest absolute Gasteiger partial charge is 0.0791 e. The van der Waals surface area contributed by atoms with Crippen LogP contribution in [0.3, 0.4) is 0 Å². The highest BCUT2D eigenvalue weighted by Gasteiger charge is 2.35. The van der Waals surface area contributed by atoms with Crippen molar-refractivity contribution in [1.29, 1.82) is 0 Å². The third-order valence-electron chi connectivity index (χ3n) is 6.96. The third kappa shape index (κ3) is 4.24. The SMILES string of the molecule is CCN(CC)CCNC[C@H](O)CN1CCn2c3c(c4cc(C)ccc42)CCC[C@@H]31. The van der Waals surface area contributed by atoms with Crippen LogP contribution in [0.4, 0.5) is 0 Å². The normalized spacial score (nSPS) is 20.4. The molecule has 0 unspecified atom stereocenters. The predicted octanol–water partition coefficient (Wildman–Crippen LogP) is 2.94. The molecular weight excluding hydrogens is 360 g/mol. The summed E-state index contributed by atoms with van der Waals surface area (Å²) in [5.74, 6) is 0. The minimum atomic E-state index is -0.310. The van der Waals surface area contributed by atoms with Crippen molar-refractivity contribution in [2.75, 3.05) is 45.8 Å². The van der Waals surface area contributed by atoms with Gasteiger partial charge in [0.25, 0.3) is 0 Å². The van der Waals surface area contributed by atoms with E-state index in [4.69, 9.17) is 0 Å². The minimum absolute atomic E-state index is 0.310. The van der Waals surface area contributed by atoms with Gasteiger partial charge in [-0.15, -0.1) is 0 Å². The molecule has 29 heavy (non-hydrogen) atoms. The second-order valence-corrected chi connectivity index (χ2v) is 8.82. The first kappa shape index (κ1) is 20.9. The largest absolute Gasteiger partial charge is 0.390 e. The van der Waals surface area contributed by atoms with E-state index in [2.05, 4.69) is 58.7 Å². The fraction of sp³-hybridized carbons (Fsp3) is 0.667. The maximum absolute atomic E-state index is 10.7. The highest BCUT2D eigenvalue weighted by molar-refractivity contribution is 5.87. The van der Waals surface area contributed by atoms with Gasteiger partial charge in [0.05, 0.1) is 12.1 Å². The molecule has 0 fully saturated rings. The number of benzene rings is 1. The molecule has 0 bridgehead atoms. The van der Waals surface area contributed by atoms with E-state index in [1.807, 2.05) is 0 Å². The van der Waals surface area contributed by atoms with E-state index < -0.39 is 0 Å². The Labute approximate surface area is 175 Å². The summed E-state index contributed by atoms with van der Waals surface area (Å²) in [6.07, 6.45) is 3.35. The lowest BCUT2D eigenvalue weighted by Crippen LogP contribution is -2.46. The summed E-state index contributed by atoms with van der Waals surface area (Å²) >= 11 is 0. The molecule has 160 valence electrons. The van der Waals surface area contributed by atoms with Gasteiger partial charge < -0.3 is 19.9 Å². The van der Waals surface area contributed by atoms with Gasteiger partial charge in [-0.3, -0.25) is 4.90 Å². The summed E-state index contributed by atoms with van der Waals surface area (Å²) in [4.78, 5) is 4.95. The molecule has 1 aromatic carbocycles. The summed E-state index contributed by atoms with van der Waals surface area (Å²) in [6.45, 7) is 14.3. The molecule has 2 aliphatic rings. The van der Waals surface area contributed by atoms with Crippen molar-refractivity contribution in [3.05, 3.63) is 35.0 Å². The first-order valence-corrected chi connectivity index (χ1v) is 11.6. The number of likely N-dealkylation sites (N-methyl/N-ethyl adjacent to an activating group) is 1. The number of aliphatic hydroxyl groups excluding tert-OH is 1. The number of nitrogens with one attached hydrogen (secondary N) is 1. The zero-order valence-corrected chi connectivity index (χ0v) is 18.5. The van der Waals surface area contributed by atoms with Crippen molar-refractivity contribution in [2.45, 2.75) is 58.7 Å². The Morgan fingerprint density at radius 1 is 1.24 bits per heavy atom. The van der Waals surface area contributed by atoms with E-state index in [1.165, 1.54) is 41.4 Å². The zero-order valence-electron chi connectivity index (χ0n) is 18.5. The van der Waals surface area contributed by atoms with Gasteiger partial charge in [0.1, 0.15) is 0 Å². The lowest BCUT2D eigenvalue weighted by Gasteiger charge is -2.40. The lowest BCUT2D eigenvalue weighted by molar-refractivity contribution is 0.0638. The van der Waals surface area contributed by atoms with E-state index >= 15 is 0 Å². The maximum atomic E-state index is 10.7. The Bertz CT molecular complexity index is 826. The summed E-state index contributed by atoms with van der Waals surface area (Å²) in [5.41, 5.74) is 5.86. The topological polar surface area (TPSA) is 43.7 Å². The zero-order chi connectivity index (χ0) is 20.4. The average molecular weight is 399 g/mol. The van der Waals surface area contributed by atoms with Crippen LogP contribution in [0.15, 0.2) is 18.2 Å². The van der Waals surface area contributed by atoms with Crippen LogP contribution in [0.25, 0.3) is 10.9 Å². The van der Waals surface area contributed by atoms with Gasteiger partial charge in [-0.05, 0) is 57.0 Å². The fourth-order valence-electron chi connectivity index (χ4n) is 5.39. The predicted molar refractivity (Wildman–Crippen MR) is 121 cm³/mol. The molecule has 2 atom stereocenters. The first-order valence-electron chi connectivity index (χ1n) is 11.6. The third-order valence-corrected chi connectivity index (χ3v) is 6.96. The monoisotopic (exact) mass is 398 g/mol. The van der Waals surface area contributed by atoms with Crippen LogP contribution in [-0.2, 0) is 13.0 Å². The molecule has 5 nitrogen and oxygen atoms in total. The first-order chi connectivity index (χ1) is 14.1. The van der Waals surface area contributed by atoms with Crippen molar-refractivity contribution >= 4 is 10.9 Å². The Morgan fingerprint density at radius 2 is 2.07 bits per heavy atom. The standard InChI is InChI=1S/C24H38N4O/c1-4-26(5-2)12-11-25-16-19(29)17-27-13-14-28-22-10-9-18(3)15-21(22)20-7-6-8-23(27)24(20)28/h9-10,15,19,23,25,29H,4-8,11-14,16-17H2,1-3H3/t19-,23-/m0/s1. The molecule has 1 aromatic heterocycles. The van der Waals surface area contributed by atoms with Crippen LogP contribution in [0.5, 0.6) is 0 Å². The summed E-state index contributed by atoms with van der Waals surface area (Å²) < 4.78 is 2.57. The maximum Gasteiger partial charge on any atom is 0.0791 e. The van der Waals surface area contributed by atoms with Crippen molar-refractivity contribution < 1.29 is 5.11 Å². The van der Waals surface area contributed by atoms with Gasteiger partial charge in [0, 0.05) is 55.9 Å². The summed E-state index contributed by atoms with van der Waals surface area (Å²) in [6, 6.07) is 7.39. The van der Waals surface area contributed by atoms with Gasteiger partial charge in [-0.25, -0.2) is 0 Å². The Hall–Kier alpha value is -1.40. The molecule has 1 aliphatic carbocycles. The lowest BCUT2D eigenvalue weighted by atomic mass is 9.89. The van der Waals surface area contributed by atoms with Crippen LogP contribution in [-0.4, -0.2) is 71.4 Å². The molecule has 0 radical (unpaired) electrons. The molecule has 1 aliphatic heterocycles. The van der Waals surface area contributed by atoms with Crippen molar-refractivity contribution in [1.82, 2.24) is 19.7 Å². The van der Waals surface area contributed by atoms with Crippen molar-refractivity contribution in [3.8, 4) is 0 Å². The van der Waals surface area contributed by atoms with E-state index in [0.29, 0.717) is 12.6 Å². The summed E-state index contributed by atoms with van der Waals surface area (Å²) in [7, 11) is 0. The second kappa shape index (κ2) is 9.17. The number of nitrogens with zero attached hydrogens (tertiary/aromatic N) is 3. The van der Waals surface area contributed by atoms with Gasteiger partial charge in [-0.1, -0.05) is 25.5 Å². The number of aryl methyl sites for hydroxylation is 2. The number of aliphatic hydroxyl groups is 1. The number of aromatic nitrogens is 1. The molecular formula is C24H38N4O. The van der Waals surface area contributed by atoms with E-state index in [9.17, 15) is 5.11 Å². The van der Waals surface area contributed by atoms with Crippen LogP contribution in [0.2, 0.25) is 0 Å². The molecule has 5 heteroatoms. The molecule has 0 spiro atoms. The van der Waals surface area contributed by atoms with Crippen molar-refractivity contribution in [2.24, 2.45) is 0 Å². The van der Waals surface area contributed by atoms with Gasteiger partial charge in [0.15, 0.2) is 0 Å². The van der Waals surface area contributed by atoms with E-state index in [1.54, 1.807) is 5.56 Å². The second-order valence-electron chi connectivity index (χ2n) is 8.82. The highest BCUT2D eigenvalue weighted by Crippen LogP contribution is 2.42. The van der Waals surface area contributed by atoms with E-state index in [0.717, 1.165) is 45.8 Å². The molecule has 2 heterocycles. The van der Waals surface area contributed by atoms with Gasteiger partial charge in [-0.2, -0.15) is 0 Å². The number of hydrogen-bond acceptors (Lipinski definition) is 4. The number of hydrogen-bond donors (Lipinski definition) is 2. The molecule has 4 rings (SSSR count). The van der Waals surface area contributed by atoms with Crippen LogP contribution in [0, 0.1) is 6.92 Å². The molecule has 0 saturated heterocycles. The fourth-order valence-corrected chi connectivity index (χ4v) is 5.39. The van der Waals surface area contributed by atoms with Gasteiger partial charge in [0.2, 0.25) is 0 Å². The molecule has 2 N–H and O–H groups in total. The summed E-state index contributed by atoms with van der Waals surface area (Å²) in [5, 5.41) is 15.6. The average Bonchev–Trinajstić information content (AvgIpc) is 3.05. The Balaban J connectivity index is 1.41. The Morgan fingerprint density at radius 3 is 2.86 bits per heavy atom. The van der Waals surface area contributed by atoms with E-state index in [-0.39, 0.29) is 6.10 Å². The van der Waals surface area contributed by atoms with Crippen LogP contribution < -0.4 is 5.32 Å². The molecule has 0 amide bonds. The van der Waals surface area contributed by atoms with Gasteiger partial charge >= 0.3 is 0 Å². The minimum Gasteiger partial charge on any atom is -0.390 e.